The summed E-state index contributed by atoms with van der Waals surface area (Å²) in [5.41, 5.74) is 2.11. The second kappa shape index (κ2) is 9.19. The minimum Gasteiger partial charge on any atom is -0.458 e. The van der Waals surface area contributed by atoms with E-state index in [0.717, 1.165) is 5.56 Å². The molecule has 0 aliphatic carbocycles. The normalized spacial score (nSPS) is 12.3. The lowest BCUT2D eigenvalue weighted by Gasteiger charge is -2.26. The molecule has 0 aromatic heterocycles. The van der Waals surface area contributed by atoms with Crippen molar-refractivity contribution in [1.82, 2.24) is 10.7 Å². The highest BCUT2D eigenvalue weighted by Gasteiger charge is 2.29. The van der Waals surface area contributed by atoms with Crippen molar-refractivity contribution in [2.24, 2.45) is 11.8 Å². The molecular weight excluding hydrogens is 338 g/mol. The first kappa shape index (κ1) is 21.4. The number of nitrogens with two attached hydrogens (primary N) is 1. The Bertz CT molecular complexity index is 635. The first-order chi connectivity index (χ1) is 12.0. The summed E-state index contributed by atoms with van der Waals surface area (Å²) in [5.74, 6) is 4.30. The third kappa shape index (κ3) is 7.52. The quantitative estimate of drug-likeness (QED) is 0.305. The molecule has 1 atom stereocenters. The molecule has 0 aliphatic rings. The van der Waals surface area contributed by atoms with E-state index < -0.39 is 23.7 Å². The SMILES string of the molecule is CC(C)[C@H](NC(=O)Oc1ccc(CC(=O)NN)cc1)C(=O)OC(C)(C)C. The largest absolute Gasteiger partial charge is 0.458 e. The van der Waals surface area contributed by atoms with E-state index in [1.807, 2.05) is 5.43 Å². The lowest BCUT2D eigenvalue weighted by atomic mass is 10.0. The van der Waals surface area contributed by atoms with E-state index in [1.54, 1.807) is 58.9 Å². The van der Waals surface area contributed by atoms with Crippen molar-refractivity contribution >= 4 is 18.0 Å². The van der Waals surface area contributed by atoms with E-state index in [-0.39, 0.29) is 24.0 Å². The first-order valence-electron chi connectivity index (χ1n) is 8.31. The fourth-order valence-electron chi connectivity index (χ4n) is 2.04. The van der Waals surface area contributed by atoms with Crippen LogP contribution in [0.25, 0.3) is 0 Å². The maximum atomic E-state index is 12.2. The summed E-state index contributed by atoms with van der Waals surface area (Å²) < 4.78 is 10.5. The minimum atomic E-state index is -0.825. The van der Waals surface area contributed by atoms with Crippen LogP contribution in [-0.2, 0) is 20.7 Å². The van der Waals surface area contributed by atoms with E-state index in [9.17, 15) is 14.4 Å². The van der Waals surface area contributed by atoms with Gasteiger partial charge < -0.3 is 14.8 Å². The summed E-state index contributed by atoms with van der Waals surface area (Å²) in [4.78, 5) is 35.5. The van der Waals surface area contributed by atoms with Crippen LogP contribution in [0.2, 0.25) is 0 Å². The van der Waals surface area contributed by atoms with Crippen LogP contribution in [0.1, 0.15) is 40.2 Å². The lowest BCUT2D eigenvalue weighted by molar-refractivity contribution is -0.158. The minimum absolute atomic E-state index is 0.122. The van der Waals surface area contributed by atoms with Crippen LogP contribution in [0.4, 0.5) is 4.79 Å². The summed E-state index contributed by atoms with van der Waals surface area (Å²) >= 11 is 0. The molecule has 0 heterocycles. The molecule has 1 rings (SSSR count). The Morgan fingerprint density at radius 2 is 1.69 bits per heavy atom. The Labute approximate surface area is 153 Å². The molecule has 0 unspecified atom stereocenters. The van der Waals surface area contributed by atoms with Crippen molar-refractivity contribution in [3.05, 3.63) is 29.8 Å². The number of hydrogen-bond acceptors (Lipinski definition) is 6. The second-order valence-electron chi connectivity index (χ2n) is 7.18. The van der Waals surface area contributed by atoms with Crippen molar-refractivity contribution in [3.8, 4) is 5.75 Å². The number of nitrogens with one attached hydrogen (secondary N) is 2. The van der Waals surface area contributed by atoms with Gasteiger partial charge in [0.15, 0.2) is 0 Å². The number of hydrazine groups is 1. The molecule has 4 N–H and O–H groups in total. The van der Waals surface area contributed by atoms with Gasteiger partial charge in [0.25, 0.3) is 0 Å². The number of esters is 1. The molecule has 2 amide bonds. The van der Waals surface area contributed by atoms with Crippen LogP contribution in [-0.4, -0.2) is 29.6 Å². The van der Waals surface area contributed by atoms with E-state index >= 15 is 0 Å². The molecule has 1 aromatic rings. The smallest absolute Gasteiger partial charge is 0.413 e. The Morgan fingerprint density at radius 1 is 1.12 bits per heavy atom. The van der Waals surface area contributed by atoms with Crippen LogP contribution in [0, 0.1) is 5.92 Å². The zero-order chi connectivity index (χ0) is 19.9. The van der Waals surface area contributed by atoms with Crippen molar-refractivity contribution in [2.75, 3.05) is 0 Å². The molecule has 26 heavy (non-hydrogen) atoms. The van der Waals surface area contributed by atoms with E-state index in [4.69, 9.17) is 15.3 Å². The molecule has 0 aliphatic heterocycles. The number of carbonyl (C=O) groups is 3. The predicted molar refractivity (Wildman–Crippen MR) is 96.1 cm³/mol. The number of benzene rings is 1. The zero-order valence-corrected chi connectivity index (χ0v) is 15.8. The van der Waals surface area contributed by atoms with Crippen LogP contribution in [0.15, 0.2) is 24.3 Å². The monoisotopic (exact) mass is 365 g/mol. The first-order valence-corrected chi connectivity index (χ1v) is 8.31. The van der Waals surface area contributed by atoms with Crippen LogP contribution < -0.4 is 21.3 Å². The van der Waals surface area contributed by atoms with Crippen molar-refractivity contribution in [3.63, 3.8) is 0 Å². The van der Waals surface area contributed by atoms with Gasteiger partial charge in [0.1, 0.15) is 17.4 Å². The van der Waals surface area contributed by atoms with Crippen molar-refractivity contribution < 1.29 is 23.9 Å². The molecule has 0 fully saturated rings. The molecule has 1 aromatic carbocycles. The lowest BCUT2D eigenvalue weighted by Crippen LogP contribution is -2.48. The maximum absolute atomic E-state index is 12.2. The van der Waals surface area contributed by atoms with Gasteiger partial charge in [-0.15, -0.1) is 0 Å². The Hall–Kier alpha value is -2.61. The van der Waals surface area contributed by atoms with Gasteiger partial charge in [-0.2, -0.15) is 0 Å². The number of hydrogen-bond donors (Lipinski definition) is 3. The maximum Gasteiger partial charge on any atom is 0.413 e. The molecule has 0 saturated heterocycles. The average Bonchev–Trinajstić information content (AvgIpc) is 2.52. The third-order valence-corrected chi connectivity index (χ3v) is 3.26. The third-order valence-electron chi connectivity index (χ3n) is 3.26. The van der Waals surface area contributed by atoms with Gasteiger partial charge in [-0.05, 0) is 44.4 Å². The fourth-order valence-corrected chi connectivity index (χ4v) is 2.04. The molecule has 0 radical (unpaired) electrons. The zero-order valence-electron chi connectivity index (χ0n) is 15.8. The highest BCUT2D eigenvalue weighted by atomic mass is 16.6. The van der Waals surface area contributed by atoms with Gasteiger partial charge in [-0.3, -0.25) is 10.2 Å². The summed E-state index contributed by atoms with van der Waals surface area (Å²) in [5, 5.41) is 2.53. The van der Waals surface area contributed by atoms with Gasteiger partial charge in [0, 0.05) is 0 Å². The number of rotatable bonds is 6. The Kier molecular flexibility index (Phi) is 7.57. The molecule has 144 valence electrons. The van der Waals surface area contributed by atoms with Crippen molar-refractivity contribution in [1.29, 1.82) is 0 Å². The molecule has 0 saturated carbocycles. The predicted octanol–water partition coefficient (Wildman–Crippen LogP) is 1.67. The summed E-state index contributed by atoms with van der Waals surface area (Å²) in [6.45, 7) is 8.87. The van der Waals surface area contributed by atoms with Gasteiger partial charge in [-0.25, -0.2) is 15.4 Å². The van der Waals surface area contributed by atoms with Crippen LogP contribution >= 0.6 is 0 Å². The van der Waals surface area contributed by atoms with Crippen LogP contribution in [0.3, 0.4) is 0 Å². The highest BCUT2D eigenvalue weighted by molar-refractivity contribution is 5.82. The van der Waals surface area contributed by atoms with Crippen molar-refractivity contribution in [2.45, 2.75) is 52.7 Å². The fraction of sp³-hybridized carbons (Fsp3) is 0.500. The number of ether oxygens (including phenoxy) is 2. The summed E-state index contributed by atoms with van der Waals surface area (Å²) in [6.07, 6.45) is -0.640. The molecular formula is C18H27N3O5. The summed E-state index contributed by atoms with van der Waals surface area (Å²) in [7, 11) is 0. The Morgan fingerprint density at radius 3 is 2.15 bits per heavy atom. The van der Waals surface area contributed by atoms with Crippen LogP contribution in [0.5, 0.6) is 5.75 Å². The van der Waals surface area contributed by atoms with Gasteiger partial charge in [0.05, 0.1) is 6.42 Å². The number of amides is 2. The van der Waals surface area contributed by atoms with Gasteiger partial charge in [0.2, 0.25) is 5.91 Å². The molecule has 0 spiro atoms. The summed E-state index contributed by atoms with van der Waals surface area (Å²) in [6, 6.07) is 5.57. The standard InChI is InChI=1S/C18H27N3O5/c1-11(2)15(16(23)26-18(3,4)5)20-17(24)25-13-8-6-12(7-9-13)10-14(22)21-19/h6-9,11,15H,10,19H2,1-5H3,(H,20,24)(H,21,22)/t15-/m0/s1. The topological polar surface area (TPSA) is 120 Å². The molecule has 8 nitrogen and oxygen atoms in total. The van der Waals surface area contributed by atoms with Gasteiger partial charge in [-0.1, -0.05) is 26.0 Å². The van der Waals surface area contributed by atoms with E-state index in [2.05, 4.69) is 5.32 Å². The second-order valence-corrected chi connectivity index (χ2v) is 7.18. The average molecular weight is 365 g/mol. The van der Waals surface area contributed by atoms with E-state index in [1.165, 1.54) is 0 Å². The molecule has 8 heteroatoms. The molecule has 0 bridgehead atoms. The number of carbonyl (C=O) groups excluding carboxylic acids is 3. The van der Waals surface area contributed by atoms with Gasteiger partial charge >= 0.3 is 12.1 Å². The Balaban J connectivity index is 2.68. The van der Waals surface area contributed by atoms with E-state index in [0.29, 0.717) is 0 Å². The highest BCUT2D eigenvalue weighted by Crippen LogP contribution is 2.15.